The third kappa shape index (κ3) is 5.48. The molecule has 3 N–H and O–H groups in total. The number of hydrogen-bond acceptors (Lipinski definition) is 8. The molecule has 2 rings (SSSR count). The molecule has 0 aliphatic carbocycles. The van der Waals surface area contributed by atoms with Crippen molar-refractivity contribution in [2.24, 2.45) is 0 Å². The number of aryl methyl sites for hydroxylation is 1. The van der Waals surface area contributed by atoms with Crippen LogP contribution in [0, 0.1) is 6.92 Å². The molecule has 0 bridgehead atoms. The Bertz CT molecular complexity index is 895. The number of hydrogen-bond donors (Lipinski definition) is 3. The molecule has 1 atom stereocenters. The predicted octanol–water partition coefficient (Wildman–Crippen LogP) is 1.63. The molecule has 0 fully saturated rings. The molecule has 2 heterocycles. The van der Waals surface area contributed by atoms with Crippen LogP contribution < -0.4 is 16.6 Å². The van der Waals surface area contributed by atoms with E-state index in [9.17, 15) is 14.4 Å². The van der Waals surface area contributed by atoms with Gasteiger partial charge in [-0.15, -0.1) is 10.2 Å². The number of H-pyrrole nitrogens is 2. The number of nitrogens with zero attached hydrogens (tertiary/aromatic N) is 2. The number of nitrogens with one attached hydrogen (secondary N) is 3. The molecule has 2 aromatic heterocycles. The highest BCUT2D eigenvalue weighted by molar-refractivity contribution is 7.98. The topological polar surface area (TPSA) is 143 Å². The van der Waals surface area contributed by atoms with Gasteiger partial charge in [-0.25, -0.2) is 9.59 Å². The minimum absolute atomic E-state index is 0.213. The number of aromatic nitrogens is 4. The van der Waals surface area contributed by atoms with Gasteiger partial charge in [-0.2, -0.15) is 0 Å². The number of amides is 1. The summed E-state index contributed by atoms with van der Waals surface area (Å²) in [5.41, 5.74) is -0.733. The quantitative estimate of drug-likeness (QED) is 0.661. The monoisotopic (exact) mass is 383 g/mol. The van der Waals surface area contributed by atoms with E-state index in [1.54, 1.807) is 34.6 Å². The third-order valence-corrected chi connectivity index (χ3v) is 3.97. The molecule has 26 heavy (non-hydrogen) atoms. The van der Waals surface area contributed by atoms with E-state index < -0.39 is 29.0 Å². The van der Waals surface area contributed by atoms with Crippen LogP contribution in [-0.2, 0) is 10.5 Å². The summed E-state index contributed by atoms with van der Waals surface area (Å²) in [6.45, 7) is 8.61. The van der Waals surface area contributed by atoms with Crippen LogP contribution >= 0.6 is 11.8 Å². The first-order chi connectivity index (χ1) is 12.0. The van der Waals surface area contributed by atoms with Crippen LogP contribution in [0.3, 0.4) is 0 Å². The van der Waals surface area contributed by atoms with Crippen LogP contribution in [0.1, 0.15) is 50.9 Å². The largest absolute Gasteiger partial charge is 0.444 e. The van der Waals surface area contributed by atoms with Crippen molar-refractivity contribution < 1.29 is 13.9 Å². The summed E-state index contributed by atoms with van der Waals surface area (Å²) in [7, 11) is 0. The maximum Gasteiger partial charge on any atom is 0.408 e. The Kier molecular flexibility index (Phi) is 5.90. The summed E-state index contributed by atoms with van der Waals surface area (Å²) < 4.78 is 10.7. The van der Waals surface area contributed by atoms with Gasteiger partial charge in [-0.05, 0) is 34.6 Å². The maximum absolute atomic E-state index is 11.8. The number of thioether (sulfide) groups is 1. The summed E-state index contributed by atoms with van der Waals surface area (Å²) in [6, 6.07) is -0.537. The third-order valence-electron chi connectivity index (χ3n) is 3.12. The zero-order chi connectivity index (χ0) is 19.5. The average molecular weight is 383 g/mol. The number of ether oxygens (including phenoxy) is 1. The minimum atomic E-state index is -0.610. The highest BCUT2D eigenvalue weighted by Crippen LogP contribution is 2.23. The van der Waals surface area contributed by atoms with E-state index in [0.717, 1.165) is 11.8 Å². The van der Waals surface area contributed by atoms with Crippen molar-refractivity contribution in [3.05, 3.63) is 38.0 Å². The lowest BCUT2D eigenvalue weighted by molar-refractivity contribution is 0.0500. The van der Waals surface area contributed by atoms with Crippen LogP contribution in [-0.4, -0.2) is 31.9 Å². The van der Waals surface area contributed by atoms with Gasteiger partial charge < -0.3 is 19.5 Å². The van der Waals surface area contributed by atoms with Crippen LogP contribution in [0.2, 0.25) is 0 Å². The van der Waals surface area contributed by atoms with Gasteiger partial charge in [0.25, 0.3) is 10.8 Å². The molecule has 11 heteroatoms. The first-order valence-electron chi connectivity index (χ1n) is 7.83. The second-order valence-electron chi connectivity index (χ2n) is 6.57. The molecule has 0 unspecified atom stereocenters. The van der Waals surface area contributed by atoms with Crippen LogP contribution in [0.15, 0.2) is 19.2 Å². The normalized spacial score (nSPS) is 12.7. The highest BCUT2D eigenvalue weighted by Gasteiger charge is 2.21. The van der Waals surface area contributed by atoms with E-state index in [-0.39, 0.29) is 16.9 Å². The van der Waals surface area contributed by atoms with Gasteiger partial charge in [0.15, 0.2) is 0 Å². The Morgan fingerprint density at radius 3 is 2.62 bits per heavy atom. The SMILES string of the molecule is Cc1[nH]c(=O)[nH]c(=O)c1CSc1nnc([C@H](C)NC(=O)OC(C)(C)C)o1. The molecular formula is C15H21N5O5S. The molecule has 142 valence electrons. The fourth-order valence-corrected chi connectivity index (χ4v) is 2.79. The first-order valence-corrected chi connectivity index (χ1v) is 8.81. The molecule has 0 spiro atoms. The lowest BCUT2D eigenvalue weighted by Gasteiger charge is -2.20. The van der Waals surface area contributed by atoms with Gasteiger partial charge in [0.2, 0.25) is 5.89 Å². The van der Waals surface area contributed by atoms with E-state index in [1.165, 1.54) is 0 Å². The van der Waals surface area contributed by atoms with Crippen LogP contribution in [0.4, 0.5) is 4.79 Å². The molecule has 2 aromatic rings. The van der Waals surface area contributed by atoms with E-state index in [2.05, 4.69) is 25.5 Å². The molecule has 0 saturated carbocycles. The zero-order valence-electron chi connectivity index (χ0n) is 15.1. The molecule has 0 aliphatic rings. The Hall–Kier alpha value is -2.56. The van der Waals surface area contributed by atoms with E-state index in [0.29, 0.717) is 11.3 Å². The molecule has 1 amide bonds. The average Bonchev–Trinajstić information content (AvgIpc) is 2.92. The van der Waals surface area contributed by atoms with Crippen molar-refractivity contribution >= 4 is 17.9 Å². The van der Waals surface area contributed by atoms with Crippen LogP contribution in [0.25, 0.3) is 0 Å². The molecule has 10 nitrogen and oxygen atoms in total. The van der Waals surface area contributed by atoms with E-state index in [4.69, 9.17) is 9.15 Å². The van der Waals surface area contributed by atoms with Gasteiger partial charge in [0.05, 0.1) is 0 Å². The Labute approximate surface area is 153 Å². The van der Waals surface area contributed by atoms with Crippen molar-refractivity contribution in [1.82, 2.24) is 25.5 Å². The molecule has 0 radical (unpaired) electrons. The van der Waals surface area contributed by atoms with E-state index in [1.807, 2.05) is 0 Å². The summed E-state index contributed by atoms with van der Waals surface area (Å²) in [5, 5.41) is 10.6. The Balaban J connectivity index is 1.98. The maximum atomic E-state index is 11.8. The molecule has 0 saturated heterocycles. The standard InChI is InChI=1S/C15H21N5O5S/c1-7-9(10(21)18-12(22)16-7)6-26-14-20-19-11(24-14)8(2)17-13(23)25-15(3,4)5/h8H,6H2,1-5H3,(H,17,23)(H2,16,18,21,22)/t8-/m0/s1. The highest BCUT2D eigenvalue weighted by atomic mass is 32.2. The van der Waals surface area contributed by atoms with Crippen LogP contribution in [0.5, 0.6) is 0 Å². The van der Waals surface area contributed by atoms with Gasteiger partial charge in [-0.3, -0.25) is 9.78 Å². The summed E-state index contributed by atoms with van der Waals surface area (Å²) in [6.07, 6.45) is -0.590. The second-order valence-corrected chi connectivity index (χ2v) is 7.50. The number of carbonyl (C=O) groups is 1. The van der Waals surface area contributed by atoms with Crippen molar-refractivity contribution in [3.63, 3.8) is 0 Å². The zero-order valence-corrected chi connectivity index (χ0v) is 15.9. The van der Waals surface area contributed by atoms with Crippen molar-refractivity contribution in [2.75, 3.05) is 0 Å². The van der Waals surface area contributed by atoms with Gasteiger partial charge in [0.1, 0.15) is 11.6 Å². The van der Waals surface area contributed by atoms with Crippen molar-refractivity contribution in [2.45, 2.75) is 57.2 Å². The predicted molar refractivity (Wildman–Crippen MR) is 94.1 cm³/mol. The summed E-state index contributed by atoms with van der Waals surface area (Å²) in [4.78, 5) is 39.5. The molecule has 0 aromatic carbocycles. The Morgan fingerprint density at radius 1 is 1.31 bits per heavy atom. The van der Waals surface area contributed by atoms with Gasteiger partial charge in [0, 0.05) is 17.0 Å². The first kappa shape index (κ1) is 19.8. The van der Waals surface area contributed by atoms with Gasteiger partial charge in [-0.1, -0.05) is 11.8 Å². The lowest BCUT2D eigenvalue weighted by atomic mass is 10.2. The molecular weight excluding hydrogens is 362 g/mol. The number of aromatic amines is 2. The van der Waals surface area contributed by atoms with Crippen molar-refractivity contribution in [1.29, 1.82) is 0 Å². The van der Waals surface area contributed by atoms with Gasteiger partial charge >= 0.3 is 11.8 Å². The molecule has 0 aliphatic heterocycles. The smallest absolute Gasteiger partial charge is 0.408 e. The lowest BCUT2D eigenvalue weighted by Crippen LogP contribution is -2.34. The fourth-order valence-electron chi connectivity index (χ4n) is 1.93. The summed E-state index contributed by atoms with van der Waals surface area (Å²) in [5.74, 6) is 0.457. The number of carbonyl (C=O) groups excluding carboxylic acids is 1. The number of rotatable bonds is 5. The summed E-state index contributed by atoms with van der Waals surface area (Å²) >= 11 is 1.15. The minimum Gasteiger partial charge on any atom is -0.444 e. The van der Waals surface area contributed by atoms with Crippen molar-refractivity contribution in [3.8, 4) is 0 Å². The van der Waals surface area contributed by atoms with E-state index >= 15 is 0 Å². The second kappa shape index (κ2) is 7.77. The fraction of sp³-hybridized carbons (Fsp3) is 0.533. The Morgan fingerprint density at radius 2 is 2.00 bits per heavy atom. The number of alkyl carbamates (subject to hydrolysis) is 1.